The topological polar surface area (TPSA) is 66.8 Å². The molecule has 0 spiro atoms. The lowest BCUT2D eigenvalue weighted by molar-refractivity contribution is -0.188. The van der Waals surface area contributed by atoms with Crippen LogP contribution in [0.2, 0.25) is 0 Å². The Morgan fingerprint density at radius 3 is 2.42 bits per heavy atom. The van der Waals surface area contributed by atoms with Crippen molar-refractivity contribution in [3.63, 3.8) is 0 Å². The number of benzene rings is 1. The summed E-state index contributed by atoms with van der Waals surface area (Å²) >= 11 is 0. The molecular weight excluding hydrogens is 341 g/mol. The fourth-order valence-corrected chi connectivity index (χ4v) is 2.41. The predicted octanol–water partition coefficient (Wildman–Crippen LogP) is 2.07. The molecule has 5 nitrogen and oxygen atoms in total. The van der Waals surface area contributed by atoms with Crippen LogP contribution >= 0.6 is 0 Å². The van der Waals surface area contributed by atoms with Crippen LogP contribution in [0.25, 0.3) is 0 Å². The van der Waals surface area contributed by atoms with Crippen molar-refractivity contribution in [3.05, 3.63) is 29.8 Å². The molecule has 24 heavy (non-hydrogen) atoms. The van der Waals surface area contributed by atoms with Crippen LogP contribution in [0.4, 0.5) is 22.0 Å². The third kappa shape index (κ3) is 3.92. The van der Waals surface area contributed by atoms with Crippen molar-refractivity contribution in [2.45, 2.75) is 6.18 Å². The number of nitrogens with zero attached hydrogens (tertiary/aromatic N) is 1. The molecule has 1 heterocycles. The number of amides is 1. The molecule has 0 unspecified atom stereocenters. The summed E-state index contributed by atoms with van der Waals surface area (Å²) in [6, 6.07) is 2.34. The first kappa shape index (κ1) is 18.0. The first-order valence-corrected chi connectivity index (χ1v) is 6.74. The van der Waals surface area contributed by atoms with Gasteiger partial charge in [0.1, 0.15) is 5.82 Å². The molecular formula is C14H12F5NO4. The van der Waals surface area contributed by atoms with Crippen molar-refractivity contribution in [1.29, 1.82) is 0 Å². The molecule has 1 aromatic rings. The smallest absolute Gasteiger partial charge is 0.394 e. The van der Waals surface area contributed by atoms with E-state index < -0.39 is 67.0 Å². The van der Waals surface area contributed by atoms with Crippen LogP contribution in [0.3, 0.4) is 0 Å². The van der Waals surface area contributed by atoms with Crippen LogP contribution in [0.1, 0.15) is 0 Å². The number of carbonyl (C=O) groups excluding carboxylic acids is 1. The lowest BCUT2D eigenvalue weighted by atomic mass is 9.96. The number of rotatable bonds is 4. The third-order valence-electron chi connectivity index (χ3n) is 3.66. The fraction of sp³-hybridized carbons (Fsp3) is 0.429. The van der Waals surface area contributed by atoms with Gasteiger partial charge in [0, 0.05) is 19.2 Å². The second-order valence-electron chi connectivity index (χ2n) is 5.25. The zero-order valence-electron chi connectivity index (χ0n) is 12.0. The van der Waals surface area contributed by atoms with E-state index in [0.717, 1.165) is 12.1 Å². The van der Waals surface area contributed by atoms with E-state index in [-0.39, 0.29) is 0 Å². The van der Waals surface area contributed by atoms with Crippen LogP contribution in [-0.4, -0.2) is 47.8 Å². The summed E-state index contributed by atoms with van der Waals surface area (Å²) in [7, 11) is 0. The number of hydrogen-bond acceptors (Lipinski definition) is 3. The Balaban J connectivity index is 2.01. The number of carboxylic acid groups (broad SMARTS) is 1. The summed E-state index contributed by atoms with van der Waals surface area (Å²) < 4.78 is 69.4. The minimum Gasteiger partial charge on any atom is -0.481 e. The normalized spacial score (nSPS) is 21.0. The molecule has 1 N–H and O–H groups in total. The monoisotopic (exact) mass is 353 g/mol. The van der Waals surface area contributed by atoms with Crippen molar-refractivity contribution in [2.24, 2.45) is 11.8 Å². The number of alkyl halides is 3. The highest BCUT2D eigenvalue weighted by Gasteiger charge is 2.53. The second kappa shape index (κ2) is 6.62. The minimum absolute atomic E-state index is 0.439. The van der Waals surface area contributed by atoms with E-state index in [4.69, 9.17) is 9.84 Å². The highest BCUT2D eigenvalue weighted by atomic mass is 19.4. The van der Waals surface area contributed by atoms with Gasteiger partial charge in [0.2, 0.25) is 0 Å². The summed E-state index contributed by atoms with van der Waals surface area (Å²) in [5, 5.41) is 8.86. The number of aliphatic carboxylic acids is 1. The second-order valence-corrected chi connectivity index (χ2v) is 5.25. The van der Waals surface area contributed by atoms with Crippen LogP contribution < -0.4 is 4.74 Å². The molecule has 10 heteroatoms. The summed E-state index contributed by atoms with van der Waals surface area (Å²) in [6.07, 6.45) is -4.76. The molecule has 1 aromatic carbocycles. The molecule has 1 fully saturated rings. The Kier molecular flexibility index (Phi) is 4.95. The Morgan fingerprint density at radius 1 is 1.25 bits per heavy atom. The van der Waals surface area contributed by atoms with Crippen molar-refractivity contribution >= 4 is 11.9 Å². The van der Waals surface area contributed by atoms with Gasteiger partial charge in [0.25, 0.3) is 5.91 Å². The molecule has 1 saturated heterocycles. The maximum absolute atomic E-state index is 13.3. The molecule has 1 amide bonds. The van der Waals surface area contributed by atoms with E-state index in [1.807, 2.05) is 0 Å². The Morgan fingerprint density at radius 2 is 1.92 bits per heavy atom. The Hall–Kier alpha value is -2.39. The average molecular weight is 353 g/mol. The van der Waals surface area contributed by atoms with Crippen molar-refractivity contribution < 1.29 is 41.4 Å². The number of likely N-dealkylation sites (tertiary alicyclic amines) is 1. The zero-order valence-corrected chi connectivity index (χ0v) is 12.0. The minimum atomic E-state index is -4.76. The number of carbonyl (C=O) groups is 2. The van der Waals surface area contributed by atoms with E-state index in [2.05, 4.69) is 0 Å². The maximum atomic E-state index is 13.3. The number of hydrogen-bond donors (Lipinski definition) is 1. The third-order valence-corrected chi connectivity index (χ3v) is 3.66. The SMILES string of the molecule is O=C(O)[C@@H]1CN(C(=O)COc2ccc(F)cc2F)C[C@H]1C(F)(F)F. The highest BCUT2D eigenvalue weighted by molar-refractivity contribution is 5.80. The quantitative estimate of drug-likeness (QED) is 0.842. The summed E-state index contributed by atoms with van der Waals surface area (Å²) in [6.45, 7) is -2.22. The molecule has 0 radical (unpaired) electrons. The van der Waals surface area contributed by atoms with E-state index in [1.54, 1.807) is 0 Å². The van der Waals surface area contributed by atoms with Crippen LogP contribution in [0.5, 0.6) is 5.75 Å². The van der Waals surface area contributed by atoms with Crippen LogP contribution in [0.15, 0.2) is 18.2 Å². The molecule has 0 aliphatic carbocycles. The van der Waals surface area contributed by atoms with Crippen molar-refractivity contribution in [3.8, 4) is 5.75 Å². The maximum Gasteiger partial charge on any atom is 0.394 e. The zero-order chi connectivity index (χ0) is 18.1. The molecule has 2 atom stereocenters. The number of ether oxygens (including phenoxy) is 1. The molecule has 0 bridgehead atoms. The van der Waals surface area contributed by atoms with Gasteiger partial charge in [-0.1, -0.05) is 0 Å². The van der Waals surface area contributed by atoms with Gasteiger partial charge < -0.3 is 14.7 Å². The van der Waals surface area contributed by atoms with Gasteiger partial charge in [-0.2, -0.15) is 13.2 Å². The van der Waals surface area contributed by atoms with Gasteiger partial charge >= 0.3 is 12.1 Å². The number of carboxylic acids is 1. The van der Waals surface area contributed by atoms with E-state index in [1.165, 1.54) is 0 Å². The summed E-state index contributed by atoms with van der Waals surface area (Å²) in [5.74, 6) is -8.89. The standard InChI is InChI=1S/C14H12F5NO4/c15-7-1-2-11(10(16)3-7)24-6-12(21)20-4-8(13(22)23)9(5-20)14(17,18)19/h1-3,8-9H,4-6H2,(H,22,23)/t8-,9-/m1/s1. The molecule has 2 rings (SSSR count). The molecule has 132 valence electrons. The van der Waals surface area contributed by atoms with Crippen molar-refractivity contribution in [1.82, 2.24) is 4.90 Å². The Bertz CT molecular complexity index is 649. The van der Waals surface area contributed by atoms with E-state index in [9.17, 15) is 31.5 Å². The first-order chi connectivity index (χ1) is 11.1. The van der Waals surface area contributed by atoms with Gasteiger partial charge in [-0.3, -0.25) is 9.59 Å². The Labute approximate surface area is 132 Å². The van der Waals surface area contributed by atoms with Crippen LogP contribution in [0, 0.1) is 23.5 Å². The molecule has 1 aliphatic rings. The molecule has 0 saturated carbocycles. The lowest BCUT2D eigenvalue weighted by Gasteiger charge is -2.18. The predicted molar refractivity (Wildman–Crippen MR) is 69.1 cm³/mol. The van der Waals surface area contributed by atoms with Gasteiger partial charge in [0.15, 0.2) is 18.2 Å². The van der Waals surface area contributed by atoms with Gasteiger partial charge in [-0.05, 0) is 12.1 Å². The van der Waals surface area contributed by atoms with E-state index in [0.29, 0.717) is 11.0 Å². The highest BCUT2D eigenvalue weighted by Crippen LogP contribution is 2.37. The molecule has 1 aliphatic heterocycles. The van der Waals surface area contributed by atoms with Gasteiger partial charge in [-0.15, -0.1) is 0 Å². The van der Waals surface area contributed by atoms with E-state index >= 15 is 0 Å². The number of halogens is 5. The fourth-order valence-electron chi connectivity index (χ4n) is 2.41. The van der Waals surface area contributed by atoms with Gasteiger partial charge in [-0.25, -0.2) is 8.78 Å². The molecule has 0 aromatic heterocycles. The van der Waals surface area contributed by atoms with Crippen molar-refractivity contribution in [2.75, 3.05) is 19.7 Å². The average Bonchev–Trinajstić information content (AvgIpc) is 2.91. The van der Waals surface area contributed by atoms with Crippen LogP contribution in [-0.2, 0) is 9.59 Å². The van der Waals surface area contributed by atoms with Gasteiger partial charge in [0.05, 0.1) is 11.8 Å². The summed E-state index contributed by atoms with van der Waals surface area (Å²) in [5.41, 5.74) is 0. The first-order valence-electron chi connectivity index (χ1n) is 6.74. The lowest BCUT2D eigenvalue weighted by Crippen LogP contribution is -2.35. The summed E-state index contributed by atoms with van der Waals surface area (Å²) in [4.78, 5) is 23.5. The largest absolute Gasteiger partial charge is 0.481 e.